The van der Waals surface area contributed by atoms with Gasteiger partial charge in [0.05, 0.1) is 5.69 Å². The summed E-state index contributed by atoms with van der Waals surface area (Å²) in [5.74, 6) is 0.635. The fourth-order valence-corrected chi connectivity index (χ4v) is 1.09. The first kappa shape index (κ1) is 8.34. The Morgan fingerprint density at radius 2 is 2.45 bits per heavy atom. The molecule has 0 aliphatic heterocycles. The first-order valence-electron chi connectivity index (χ1n) is 3.55. The SMILES string of the molecule is O=Cc1cccn1CCCCl. The van der Waals surface area contributed by atoms with Gasteiger partial charge in [-0.05, 0) is 18.6 Å². The molecule has 3 heteroatoms. The topological polar surface area (TPSA) is 22.0 Å². The predicted octanol–water partition coefficient (Wildman–Crippen LogP) is 1.93. The van der Waals surface area contributed by atoms with E-state index < -0.39 is 0 Å². The van der Waals surface area contributed by atoms with Gasteiger partial charge in [-0.15, -0.1) is 11.6 Å². The normalized spacial score (nSPS) is 9.91. The molecule has 1 rings (SSSR count). The number of rotatable bonds is 4. The summed E-state index contributed by atoms with van der Waals surface area (Å²) in [6.45, 7) is 0.824. The number of hydrogen-bond acceptors (Lipinski definition) is 1. The molecule has 0 radical (unpaired) electrons. The molecule has 0 unspecified atom stereocenters. The van der Waals surface area contributed by atoms with Crippen LogP contribution in [0.3, 0.4) is 0 Å². The van der Waals surface area contributed by atoms with Crippen molar-refractivity contribution in [1.82, 2.24) is 4.57 Å². The maximum atomic E-state index is 10.4. The average Bonchev–Trinajstić information content (AvgIpc) is 2.47. The fourth-order valence-electron chi connectivity index (χ4n) is 0.968. The zero-order valence-corrected chi connectivity index (χ0v) is 6.92. The van der Waals surface area contributed by atoms with E-state index in [1.165, 1.54) is 0 Å². The molecule has 0 bridgehead atoms. The molecule has 0 saturated heterocycles. The molecule has 0 aliphatic rings. The minimum Gasteiger partial charge on any atom is -0.345 e. The van der Waals surface area contributed by atoms with Gasteiger partial charge in [-0.25, -0.2) is 0 Å². The van der Waals surface area contributed by atoms with E-state index in [9.17, 15) is 4.79 Å². The van der Waals surface area contributed by atoms with Gasteiger partial charge in [-0.2, -0.15) is 0 Å². The predicted molar refractivity (Wildman–Crippen MR) is 45.2 cm³/mol. The van der Waals surface area contributed by atoms with Crippen LogP contribution < -0.4 is 0 Å². The zero-order valence-electron chi connectivity index (χ0n) is 6.16. The molecular formula is C8H10ClNO. The molecule has 0 spiro atoms. The van der Waals surface area contributed by atoms with Crippen LogP contribution in [0, 0.1) is 0 Å². The molecule has 0 atom stereocenters. The Balaban J connectivity index is 2.61. The summed E-state index contributed by atoms with van der Waals surface area (Å²) in [6.07, 6.45) is 3.64. The van der Waals surface area contributed by atoms with Crippen LogP contribution in [0.4, 0.5) is 0 Å². The van der Waals surface area contributed by atoms with Crippen LogP contribution in [-0.4, -0.2) is 16.7 Å². The summed E-state index contributed by atoms with van der Waals surface area (Å²) in [5.41, 5.74) is 0.718. The van der Waals surface area contributed by atoms with Crippen molar-refractivity contribution in [3.8, 4) is 0 Å². The second-order valence-electron chi connectivity index (χ2n) is 2.29. The van der Waals surface area contributed by atoms with Crippen molar-refractivity contribution in [2.45, 2.75) is 13.0 Å². The van der Waals surface area contributed by atoms with Crippen molar-refractivity contribution in [1.29, 1.82) is 0 Å². The Hall–Kier alpha value is -0.760. The van der Waals surface area contributed by atoms with E-state index in [4.69, 9.17) is 11.6 Å². The first-order chi connectivity index (χ1) is 5.38. The van der Waals surface area contributed by atoms with Gasteiger partial charge in [0.25, 0.3) is 0 Å². The molecule has 0 saturated carbocycles. The van der Waals surface area contributed by atoms with E-state index in [2.05, 4.69) is 0 Å². The number of alkyl halides is 1. The molecular weight excluding hydrogens is 162 g/mol. The molecule has 0 N–H and O–H groups in total. The molecule has 1 heterocycles. The van der Waals surface area contributed by atoms with E-state index in [0.29, 0.717) is 5.88 Å². The van der Waals surface area contributed by atoms with Crippen molar-refractivity contribution in [2.24, 2.45) is 0 Å². The number of carbonyl (C=O) groups excluding carboxylic acids is 1. The van der Waals surface area contributed by atoms with Crippen LogP contribution in [0.5, 0.6) is 0 Å². The third-order valence-electron chi connectivity index (χ3n) is 1.52. The number of carbonyl (C=O) groups is 1. The Kier molecular flexibility index (Phi) is 3.17. The van der Waals surface area contributed by atoms with E-state index in [0.717, 1.165) is 24.9 Å². The number of aromatic nitrogens is 1. The Morgan fingerprint density at radius 1 is 1.64 bits per heavy atom. The third kappa shape index (κ3) is 2.09. The lowest BCUT2D eigenvalue weighted by atomic mass is 10.4. The van der Waals surface area contributed by atoms with Crippen molar-refractivity contribution in [2.75, 3.05) is 5.88 Å². The molecule has 11 heavy (non-hydrogen) atoms. The van der Waals surface area contributed by atoms with Gasteiger partial charge in [0.15, 0.2) is 6.29 Å². The molecule has 2 nitrogen and oxygen atoms in total. The van der Waals surface area contributed by atoms with Crippen molar-refractivity contribution < 1.29 is 4.79 Å². The van der Waals surface area contributed by atoms with Crippen molar-refractivity contribution in [3.05, 3.63) is 24.0 Å². The van der Waals surface area contributed by atoms with Gasteiger partial charge in [-0.1, -0.05) is 0 Å². The molecule has 0 aliphatic carbocycles. The summed E-state index contributed by atoms with van der Waals surface area (Å²) in [6, 6.07) is 3.65. The lowest BCUT2D eigenvalue weighted by molar-refractivity contribution is 0.111. The van der Waals surface area contributed by atoms with Crippen LogP contribution in [0.15, 0.2) is 18.3 Å². The van der Waals surface area contributed by atoms with Crippen molar-refractivity contribution in [3.63, 3.8) is 0 Å². The number of halogens is 1. The van der Waals surface area contributed by atoms with Gasteiger partial charge >= 0.3 is 0 Å². The standard InChI is InChI=1S/C8H10ClNO/c9-4-2-6-10-5-1-3-8(10)7-11/h1,3,5,7H,2,4,6H2. The highest BCUT2D eigenvalue weighted by molar-refractivity contribution is 6.17. The second-order valence-corrected chi connectivity index (χ2v) is 2.66. The maximum Gasteiger partial charge on any atom is 0.166 e. The highest BCUT2D eigenvalue weighted by Gasteiger charge is 1.96. The van der Waals surface area contributed by atoms with Crippen LogP contribution in [0.2, 0.25) is 0 Å². The van der Waals surface area contributed by atoms with Crippen LogP contribution in [0.25, 0.3) is 0 Å². The Bertz CT molecular complexity index is 232. The molecule has 0 aromatic carbocycles. The fraction of sp³-hybridized carbons (Fsp3) is 0.375. The quantitative estimate of drug-likeness (QED) is 0.501. The van der Waals surface area contributed by atoms with Gasteiger partial charge < -0.3 is 4.57 Å². The average molecular weight is 172 g/mol. The zero-order chi connectivity index (χ0) is 8.10. The van der Waals surface area contributed by atoms with Gasteiger partial charge in [0.2, 0.25) is 0 Å². The van der Waals surface area contributed by atoms with Crippen molar-refractivity contribution >= 4 is 17.9 Å². The minimum absolute atomic E-state index is 0.635. The van der Waals surface area contributed by atoms with Crippen LogP contribution >= 0.6 is 11.6 Å². The minimum atomic E-state index is 0.635. The third-order valence-corrected chi connectivity index (χ3v) is 1.79. The van der Waals surface area contributed by atoms with E-state index in [-0.39, 0.29) is 0 Å². The van der Waals surface area contributed by atoms with Crippen LogP contribution in [0.1, 0.15) is 16.9 Å². The summed E-state index contributed by atoms with van der Waals surface area (Å²) in [7, 11) is 0. The van der Waals surface area contributed by atoms with Gasteiger partial charge in [0, 0.05) is 18.6 Å². The molecule has 0 fully saturated rings. The highest BCUT2D eigenvalue weighted by atomic mass is 35.5. The van der Waals surface area contributed by atoms with E-state index >= 15 is 0 Å². The molecule has 1 aromatic heterocycles. The lowest BCUT2D eigenvalue weighted by Crippen LogP contribution is -2.00. The number of hydrogen-bond donors (Lipinski definition) is 0. The molecule has 0 amide bonds. The monoisotopic (exact) mass is 171 g/mol. The molecule has 1 aromatic rings. The largest absolute Gasteiger partial charge is 0.345 e. The summed E-state index contributed by atoms with van der Waals surface area (Å²) in [4.78, 5) is 10.4. The Morgan fingerprint density at radius 3 is 3.09 bits per heavy atom. The van der Waals surface area contributed by atoms with Gasteiger partial charge in [0.1, 0.15) is 0 Å². The lowest BCUT2D eigenvalue weighted by Gasteiger charge is -2.01. The summed E-state index contributed by atoms with van der Waals surface area (Å²) < 4.78 is 1.90. The highest BCUT2D eigenvalue weighted by Crippen LogP contribution is 2.00. The second kappa shape index (κ2) is 4.19. The number of aldehydes is 1. The van der Waals surface area contributed by atoms with Crippen LogP contribution in [-0.2, 0) is 6.54 Å². The first-order valence-corrected chi connectivity index (χ1v) is 4.08. The van der Waals surface area contributed by atoms with E-state index in [1.54, 1.807) is 6.07 Å². The van der Waals surface area contributed by atoms with E-state index in [1.807, 2.05) is 16.8 Å². The maximum absolute atomic E-state index is 10.4. The number of aryl methyl sites for hydroxylation is 1. The Labute approximate surface area is 70.8 Å². The summed E-state index contributed by atoms with van der Waals surface area (Å²) in [5, 5.41) is 0. The smallest absolute Gasteiger partial charge is 0.166 e. The summed E-state index contributed by atoms with van der Waals surface area (Å²) >= 11 is 5.51. The van der Waals surface area contributed by atoms with Gasteiger partial charge in [-0.3, -0.25) is 4.79 Å². The molecule has 60 valence electrons. The number of nitrogens with zero attached hydrogens (tertiary/aromatic N) is 1.